The van der Waals surface area contributed by atoms with Gasteiger partial charge in [0.1, 0.15) is 0 Å². The number of aliphatic imine (C=N–C) groups is 1. The summed E-state index contributed by atoms with van der Waals surface area (Å²) < 4.78 is 11.2. The van der Waals surface area contributed by atoms with Gasteiger partial charge >= 0.3 is 0 Å². The fourth-order valence-corrected chi connectivity index (χ4v) is 3.85. The Balaban J connectivity index is 0.00000280. The highest BCUT2D eigenvalue weighted by atomic mass is 127. The maximum atomic E-state index is 5.78. The highest BCUT2D eigenvalue weighted by Gasteiger charge is 2.38. The Labute approximate surface area is 187 Å². The SMILES string of the molecule is CCNC(=NCC1(c2ccccc2)CCC1)NCCCOCC1CCOC1.I. The third kappa shape index (κ3) is 6.88. The average Bonchev–Trinajstić information content (AvgIpc) is 3.18. The third-order valence-corrected chi connectivity index (χ3v) is 5.72. The van der Waals surface area contributed by atoms with Crippen LogP contribution in [0, 0.1) is 5.92 Å². The molecule has 1 aromatic carbocycles. The summed E-state index contributed by atoms with van der Waals surface area (Å²) in [5.41, 5.74) is 1.66. The van der Waals surface area contributed by atoms with E-state index >= 15 is 0 Å². The van der Waals surface area contributed by atoms with Crippen LogP contribution in [-0.2, 0) is 14.9 Å². The van der Waals surface area contributed by atoms with E-state index in [4.69, 9.17) is 14.5 Å². The number of hydrogen-bond donors (Lipinski definition) is 2. The first kappa shape index (κ1) is 23.4. The van der Waals surface area contributed by atoms with Crippen LogP contribution in [0.25, 0.3) is 0 Å². The van der Waals surface area contributed by atoms with Crippen LogP contribution < -0.4 is 10.6 Å². The second kappa shape index (κ2) is 12.6. The number of nitrogens with zero attached hydrogens (tertiary/aromatic N) is 1. The monoisotopic (exact) mass is 501 g/mol. The number of hydrogen-bond acceptors (Lipinski definition) is 3. The second-order valence-electron chi connectivity index (χ2n) is 7.78. The largest absolute Gasteiger partial charge is 0.381 e. The van der Waals surface area contributed by atoms with Gasteiger partial charge in [0.25, 0.3) is 0 Å². The number of rotatable bonds is 10. The minimum absolute atomic E-state index is 0. The van der Waals surface area contributed by atoms with Gasteiger partial charge in [-0.2, -0.15) is 0 Å². The predicted octanol–water partition coefficient (Wildman–Crippen LogP) is 3.72. The quantitative estimate of drug-likeness (QED) is 0.222. The standard InChI is InChI=1S/C22H35N3O2.HI/c1-2-23-21(24-13-7-14-26-16-19-10-15-27-17-19)25-18-22(11-6-12-22)20-8-4-3-5-9-20;/h3-5,8-9,19H,2,6-7,10-18H2,1H3,(H2,23,24,25);1H. The molecule has 1 atom stereocenters. The van der Waals surface area contributed by atoms with Gasteiger partial charge in [-0.05, 0) is 38.2 Å². The van der Waals surface area contributed by atoms with E-state index in [1.54, 1.807) is 0 Å². The van der Waals surface area contributed by atoms with Gasteiger partial charge < -0.3 is 20.1 Å². The Morgan fingerprint density at radius 3 is 2.71 bits per heavy atom. The molecule has 2 fully saturated rings. The molecule has 2 aliphatic rings. The number of nitrogens with one attached hydrogen (secondary N) is 2. The molecule has 0 amide bonds. The highest BCUT2D eigenvalue weighted by Crippen LogP contribution is 2.43. The smallest absolute Gasteiger partial charge is 0.191 e. The van der Waals surface area contributed by atoms with Crippen LogP contribution in [0.1, 0.15) is 44.6 Å². The second-order valence-corrected chi connectivity index (χ2v) is 7.78. The van der Waals surface area contributed by atoms with E-state index in [2.05, 4.69) is 47.9 Å². The van der Waals surface area contributed by atoms with Crippen molar-refractivity contribution in [3.8, 4) is 0 Å². The molecule has 0 aromatic heterocycles. The van der Waals surface area contributed by atoms with E-state index in [-0.39, 0.29) is 29.4 Å². The summed E-state index contributed by atoms with van der Waals surface area (Å²) in [5, 5.41) is 6.83. The molecular formula is C22H36IN3O2. The molecule has 0 radical (unpaired) electrons. The molecule has 3 rings (SSSR count). The van der Waals surface area contributed by atoms with Gasteiger partial charge in [0.05, 0.1) is 19.8 Å². The summed E-state index contributed by atoms with van der Waals surface area (Å²) in [6.07, 6.45) is 5.90. The minimum atomic E-state index is 0. The zero-order valence-corrected chi connectivity index (χ0v) is 19.5. The van der Waals surface area contributed by atoms with Gasteiger partial charge in [0.2, 0.25) is 0 Å². The number of benzene rings is 1. The van der Waals surface area contributed by atoms with Crippen molar-refractivity contribution in [1.82, 2.24) is 10.6 Å². The van der Waals surface area contributed by atoms with E-state index in [9.17, 15) is 0 Å². The van der Waals surface area contributed by atoms with Gasteiger partial charge in [0.15, 0.2) is 5.96 Å². The molecule has 1 saturated heterocycles. The zero-order chi connectivity index (χ0) is 18.8. The van der Waals surface area contributed by atoms with Crippen molar-refractivity contribution in [2.75, 3.05) is 46.1 Å². The molecule has 1 aromatic rings. The molecule has 0 bridgehead atoms. The third-order valence-electron chi connectivity index (χ3n) is 5.72. The van der Waals surface area contributed by atoms with Crippen molar-refractivity contribution in [3.63, 3.8) is 0 Å². The molecule has 1 saturated carbocycles. The van der Waals surface area contributed by atoms with Gasteiger partial charge in [-0.3, -0.25) is 4.99 Å². The summed E-state index contributed by atoms with van der Waals surface area (Å²) >= 11 is 0. The van der Waals surface area contributed by atoms with Crippen LogP contribution in [0.3, 0.4) is 0 Å². The summed E-state index contributed by atoms with van der Waals surface area (Å²) in [6, 6.07) is 10.9. The maximum absolute atomic E-state index is 5.78. The van der Waals surface area contributed by atoms with Crippen molar-refractivity contribution in [1.29, 1.82) is 0 Å². The van der Waals surface area contributed by atoms with E-state index in [1.807, 2.05) is 0 Å². The van der Waals surface area contributed by atoms with Crippen molar-refractivity contribution < 1.29 is 9.47 Å². The van der Waals surface area contributed by atoms with Crippen molar-refractivity contribution in [2.45, 2.75) is 44.4 Å². The molecule has 1 aliphatic carbocycles. The first-order valence-corrected chi connectivity index (χ1v) is 10.6. The predicted molar refractivity (Wildman–Crippen MR) is 126 cm³/mol. The van der Waals surface area contributed by atoms with Crippen molar-refractivity contribution >= 4 is 29.9 Å². The lowest BCUT2D eigenvalue weighted by atomic mass is 9.64. The van der Waals surface area contributed by atoms with Crippen LogP contribution in [0.4, 0.5) is 0 Å². The van der Waals surface area contributed by atoms with E-state index < -0.39 is 0 Å². The molecule has 0 spiro atoms. The number of halogens is 1. The Kier molecular flexibility index (Phi) is 10.6. The molecule has 2 N–H and O–H groups in total. The Hall–Kier alpha value is -0.860. The summed E-state index contributed by atoms with van der Waals surface area (Å²) in [5.74, 6) is 1.51. The van der Waals surface area contributed by atoms with Crippen LogP contribution in [-0.4, -0.2) is 52.0 Å². The van der Waals surface area contributed by atoms with Crippen molar-refractivity contribution in [2.24, 2.45) is 10.9 Å². The molecule has 5 nitrogen and oxygen atoms in total. The summed E-state index contributed by atoms with van der Waals surface area (Å²) in [6.45, 7) is 8.09. The zero-order valence-electron chi connectivity index (χ0n) is 17.1. The van der Waals surface area contributed by atoms with Crippen LogP contribution in [0.2, 0.25) is 0 Å². The molecule has 158 valence electrons. The molecule has 1 heterocycles. The lowest BCUT2D eigenvalue weighted by Crippen LogP contribution is -2.42. The minimum Gasteiger partial charge on any atom is -0.381 e. The molecule has 6 heteroatoms. The highest BCUT2D eigenvalue weighted by molar-refractivity contribution is 14.0. The fourth-order valence-electron chi connectivity index (χ4n) is 3.85. The average molecular weight is 501 g/mol. The Bertz CT molecular complexity index is 572. The lowest BCUT2D eigenvalue weighted by Gasteiger charge is -2.41. The van der Waals surface area contributed by atoms with E-state index in [1.165, 1.54) is 24.8 Å². The van der Waals surface area contributed by atoms with Gasteiger partial charge in [-0.25, -0.2) is 0 Å². The van der Waals surface area contributed by atoms with E-state index in [0.29, 0.717) is 5.92 Å². The lowest BCUT2D eigenvalue weighted by molar-refractivity contribution is 0.0888. The molecule has 1 unspecified atom stereocenters. The molecule has 1 aliphatic heterocycles. The normalized spacial score (nSPS) is 20.9. The molecule has 28 heavy (non-hydrogen) atoms. The molecular weight excluding hydrogens is 465 g/mol. The van der Waals surface area contributed by atoms with Gasteiger partial charge in [0, 0.05) is 37.6 Å². The number of ether oxygens (including phenoxy) is 2. The van der Waals surface area contributed by atoms with Gasteiger partial charge in [-0.1, -0.05) is 36.8 Å². The number of guanidine groups is 1. The van der Waals surface area contributed by atoms with Crippen LogP contribution in [0.5, 0.6) is 0 Å². The first-order chi connectivity index (χ1) is 13.3. The Morgan fingerprint density at radius 2 is 2.07 bits per heavy atom. The topological polar surface area (TPSA) is 54.9 Å². The summed E-state index contributed by atoms with van der Waals surface area (Å²) in [4.78, 5) is 4.90. The fraction of sp³-hybridized carbons (Fsp3) is 0.682. The maximum Gasteiger partial charge on any atom is 0.191 e. The Morgan fingerprint density at radius 1 is 1.25 bits per heavy atom. The van der Waals surface area contributed by atoms with Crippen molar-refractivity contribution in [3.05, 3.63) is 35.9 Å². The van der Waals surface area contributed by atoms with Crippen LogP contribution in [0.15, 0.2) is 35.3 Å². The van der Waals surface area contributed by atoms with Gasteiger partial charge in [-0.15, -0.1) is 24.0 Å². The summed E-state index contributed by atoms with van der Waals surface area (Å²) in [7, 11) is 0. The first-order valence-electron chi connectivity index (χ1n) is 10.6. The van der Waals surface area contributed by atoms with Crippen LogP contribution >= 0.6 is 24.0 Å². The van der Waals surface area contributed by atoms with E-state index in [0.717, 1.165) is 64.9 Å².